The van der Waals surface area contributed by atoms with Gasteiger partial charge in [-0.2, -0.15) is 0 Å². The molecule has 2 aliphatic rings. The molecule has 2 heterocycles. The van der Waals surface area contributed by atoms with Crippen molar-refractivity contribution >= 4 is 36.4 Å². The van der Waals surface area contributed by atoms with Crippen LogP contribution in [0.15, 0.2) is 109 Å². The van der Waals surface area contributed by atoms with Crippen LogP contribution >= 0.6 is 0 Å². The van der Waals surface area contributed by atoms with Gasteiger partial charge < -0.3 is 18.9 Å². The van der Waals surface area contributed by atoms with Crippen molar-refractivity contribution in [2.75, 3.05) is 22.7 Å². The number of benzene rings is 4. The maximum Gasteiger partial charge on any atom is 0.519 e. The molecule has 6 heteroatoms. The first-order chi connectivity index (χ1) is 16.4. The minimum absolute atomic E-state index is 0.101. The molecule has 0 fully saturated rings. The molecule has 0 saturated heterocycles. The van der Waals surface area contributed by atoms with Gasteiger partial charge in [0.15, 0.2) is 0 Å². The Labute approximate surface area is 195 Å². The van der Waals surface area contributed by atoms with E-state index in [1.807, 2.05) is 24.3 Å². The Morgan fingerprint density at radius 3 is 1.33 bits per heavy atom. The topological polar surface area (TPSA) is 24.9 Å². The fourth-order valence-corrected chi connectivity index (χ4v) is 4.83. The lowest BCUT2D eigenvalue weighted by Gasteiger charge is -2.26. The summed E-state index contributed by atoms with van der Waals surface area (Å²) in [6.45, 7) is 1.77. The standard InChI is InChI=1S/C27H24B2N2O2/c1-3-12-22(13-4-1)28-30(24-16-7-9-18-26(24)32-28)20-11-21-31-25-17-8-10-19-27(25)33-29(31)23-14-5-2-6-15-23/h1-10,12-19H,11,20-21H2. The fraction of sp³-hybridized carbons (Fsp3) is 0.111. The van der Waals surface area contributed by atoms with Gasteiger partial charge in [-0.1, -0.05) is 84.9 Å². The highest BCUT2D eigenvalue weighted by atomic mass is 16.5. The number of anilines is 2. The van der Waals surface area contributed by atoms with E-state index in [-0.39, 0.29) is 14.1 Å². The molecule has 4 aromatic carbocycles. The highest BCUT2D eigenvalue weighted by Gasteiger charge is 2.40. The summed E-state index contributed by atoms with van der Waals surface area (Å²) in [6, 6.07) is 37.6. The molecule has 4 nitrogen and oxygen atoms in total. The Hall–Kier alpha value is -3.79. The molecule has 0 amide bonds. The highest BCUT2D eigenvalue weighted by molar-refractivity contribution is 6.73. The Balaban J connectivity index is 1.24. The number of rotatable bonds is 6. The predicted molar refractivity (Wildman–Crippen MR) is 137 cm³/mol. The number of para-hydroxylation sites is 4. The first-order valence-corrected chi connectivity index (χ1v) is 11.5. The summed E-state index contributed by atoms with van der Waals surface area (Å²) >= 11 is 0. The molecule has 6 rings (SSSR count). The zero-order valence-electron chi connectivity index (χ0n) is 18.4. The van der Waals surface area contributed by atoms with E-state index >= 15 is 0 Å². The SMILES string of the molecule is c1ccc(B2Oc3ccccc3N2CCCN2B(c3ccccc3)Oc3ccccc32)cc1. The van der Waals surface area contributed by atoms with Crippen molar-refractivity contribution in [1.82, 2.24) is 0 Å². The van der Waals surface area contributed by atoms with Gasteiger partial charge in [0, 0.05) is 13.1 Å². The summed E-state index contributed by atoms with van der Waals surface area (Å²) in [5.41, 5.74) is 4.66. The average molecular weight is 430 g/mol. The second kappa shape index (κ2) is 8.62. The lowest BCUT2D eigenvalue weighted by molar-refractivity contribution is 0.598. The van der Waals surface area contributed by atoms with E-state index in [1.54, 1.807) is 0 Å². The molecule has 0 N–H and O–H groups in total. The molecule has 33 heavy (non-hydrogen) atoms. The molecule has 0 aromatic heterocycles. The molecule has 0 atom stereocenters. The number of fused-ring (bicyclic) bond motifs is 2. The van der Waals surface area contributed by atoms with Crippen LogP contribution in [0.1, 0.15) is 6.42 Å². The van der Waals surface area contributed by atoms with Gasteiger partial charge in [0.25, 0.3) is 0 Å². The summed E-state index contributed by atoms with van der Waals surface area (Å²) in [7, 11) is -0.203. The molecule has 0 spiro atoms. The average Bonchev–Trinajstić information content (AvgIpc) is 3.44. The second-order valence-corrected chi connectivity index (χ2v) is 8.44. The fourth-order valence-electron chi connectivity index (χ4n) is 4.83. The van der Waals surface area contributed by atoms with E-state index in [0.717, 1.165) is 42.4 Å². The van der Waals surface area contributed by atoms with Crippen molar-refractivity contribution in [2.24, 2.45) is 0 Å². The minimum atomic E-state index is -0.101. The van der Waals surface area contributed by atoms with E-state index in [2.05, 4.69) is 94.6 Å². The smallest absolute Gasteiger partial charge is 0.519 e. The Kier molecular flexibility index (Phi) is 5.19. The van der Waals surface area contributed by atoms with Gasteiger partial charge >= 0.3 is 14.1 Å². The van der Waals surface area contributed by atoms with E-state index in [1.165, 1.54) is 10.9 Å². The van der Waals surface area contributed by atoms with Crippen molar-refractivity contribution in [3.05, 3.63) is 109 Å². The van der Waals surface area contributed by atoms with Gasteiger partial charge in [-0.3, -0.25) is 0 Å². The number of nitrogens with zero attached hydrogens (tertiary/aromatic N) is 2. The van der Waals surface area contributed by atoms with Crippen LogP contribution in [0.3, 0.4) is 0 Å². The van der Waals surface area contributed by atoms with Gasteiger partial charge in [-0.05, 0) is 41.6 Å². The van der Waals surface area contributed by atoms with E-state index < -0.39 is 0 Å². The van der Waals surface area contributed by atoms with Crippen LogP contribution in [-0.4, -0.2) is 27.2 Å². The normalized spacial score (nSPS) is 14.1. The van der Waals surface area contributed by atoms with Gasteiger partial charge in [0.2, 0.25) is 0 Å². The van der Waals surface area contributed by atoms with Crippen LogP contribution in [0.4, 0.5) is 11.4 Å². The molecular formula is C27H24B2N2O2. The quantitative estimate of drug-likeness (QED) is 0.433. The first-order valence-electron chi connectivity index (χ1n) is 11.5. The Morgan fingerprint density at radius 1 is 0.485 bits per heavy atom. The largest absolute Gasteiger partial charge is 0.536 e. The zero-order chi connectivity index (χ0) is 22.0. The summed E-state index contributed by atoms with van der Waals surface area (Å²) < 4.78 is 12.7. The van der Waals surface area contributed by atoms with Gasteiger partial charge in [0.05, 0.1) is 11.4 Å². The van der Waals surface area contributed by atoms with E-state index in [4.69, 9.17) is 9.31 Å². The van der Waals surface area contributed by atoms with Gasteiger partial charge in [-0.25, -0.2) is 0 Å². The number of hydrogen-bond donors (Lipinski definition) is 0. The molecule has 4 aromatic rings. The van der Waals surface area contributed by atoms with Crippen LogP contribution in [0.25, 0.3) is 0 Å². The van der Waals surface area contributed by atoms with Crippen molar-refractivity contribution in [3.63, 3.8) is 0 Å². The number of hydrogen-bond acceptors (Lipinski definition) is 4. The second-order valence-electron chi connectivity index (χ2n) is 8.44. The molecule has 160 valence electrons. The maximum absolute atomic E-state index is 6.36. The summed E-state index contributed by atoms with van der Waals surface area (Å²) in [5, 5.41) is 0. The summed E-state index contributed by atoms with van der Waals surface area (Å²) in [4.78, 5) is 4.76. The summed E-state index contributed by atoms with van der Waals surface area (Å²) in [5.74, 6) is 1.90. The highest BCUT2D eigenvalue weighted by Crippen LogP contribution is 2.37. The monoisotopic (exact) mass is 430 g/mol. The maximum atomic E-state index is 6.36. The van der Waals surface area contributed by atoms with Gasteiger partial charge in [-0.15, -0.1) is 0 Å². The third kappa shape index (κ3) is 3.72. The minimum Gasteiger partial charge on any atom is -0.536 e. The first kappa shape index (κ1) is 19.9. The van der Waals surface area contributed by atoms with Crippen molar-refractivity contribution in [3.8, 4) is 11.5 Å². The van der Waals surface area contributed by atoms with E-state index in [9.17, 15) is 0 Å². The third-order valence-electron chi connectivity index (χ3n) is 6.36. The predicted octanol–water partition coefficient (Wildman–Crippen LogP) is 3.97. The van der Waals surface area contributed by atoms with Crippen molar-refractivity contribution in [1.29, 1.82) is 0 Å². The van der Waals surface area contributed by atoms with Crippen LogP contribution in [0, 0.1) is 0 Å². The lowest BCUT2D eigenvalue weighted by atomic mass is 9.71. The van der Waals surface area contributed by atoms with Crippen LogP contribution in [0.2, 0.25) is 0 Å². The molecule has 0 radical (unpaired) electrons. The molecule has 0 unspecified atom stereocenters. The van der Waals surface area contributed by atoms with Crippen LogP contribution < -0.4 is 29.9 Å². The van der Waals surface area contributed by atoms with Crippen molar-refractivity contribution in [2.45, 2.75) is 6.42 Å². The molecule has 2 aliphatic heterocycles. The molecule has 0 aliphatic carbocycles. The van der Waals surface area contributed by atoms with E-state index in [0.29, 0.717) is 0 Å². The van der Waals surface area contributed by atoms with Gasteiger partial charge in [0.1, 0.15) is 11.5 Å². The van der Waals surface area contributed by atoms with Crippen molar-refractivity contribution < 1.29 is 9.31 Å². The molecule has 0 bridgehead atoms. The lowest BCUT2D eigenvalue weighted by Crippen LogP contribution is -2.52. The molecular weight excluding hydrogens is 406 g/mol. The Bertz CT molecular complexity index is 1140. The van der Waals surface area contributed by atoms with Crippen LogP contribution in [-0.2, 0) is 0 Å². The van der Waals surface area contributed by atoms with Crippen LogP contribution in [0.5, 0.6) is 11.5 Å². The Morgan fingerprint density at radius 2 is 0.879 bits per heavy atom. The zero-order valence-corrected chi connectivity index (χ0v) is 18.4. The molecule has 0 saturated carbocycles. The summed E-state index contributed by atoms with van der Waals surface area (Å²) in [6.07, 6.45) is 0.974. The third-order valence-corrected chi connectivity index (χ3v) is 6.36.